The van der Waals surface area contributed by atoms with E-state index in [-0.39, 0.29) is 28.3 Å². The van der Waals surface area contributed by atoms with Gasteiger partial charge in [0.15, 0.2) is 0 Å². The Hall–Kier alpha value is -1.35. The molecule has 2 aliphatic rings. The van der Waals surface area contributed by atoms with Crippen molar-refractivity contribution in [2.75, 3.05) is 0 Å². The average Bonchev–Trinajstić information content (AvgIpc) is 2.84. The van der Waals surface area contributed by atoms with Crippen molar-refractivity contribution in [3.63, 3.8) is 0 Å². The van der Waals surface area contributed by atoms with Crippen LogP contribution < -0.4 is 0 Å². The Kier molecular flexibility index (Phi) is 3.20. The first-order valence-corrected chi connectivity index (χ1v) is 5.65. The third-order valence-electron chi connectivity index (χ3n) is 4.13. The van der Waals surface area contributed by atoms with E-state index in [1.807, 2.05) is 24.3 Å². The van der Waals surface area contributed by atoms with E-state index in [4.69, 9.17) is 0 Å². The summed E-state index contributed by atoms with van der Waals surface area (Å²) in [5.74, 6) is -3.77. The van der Waals surface area contributed by atoms with Crippen molar-refractivity contribution in [1.82, 2.24) is 0 Å². The van der Waals surface area contributed by atoms with Crippen LogP contribution in [0, 0.1) is 11.8 Å². The summed E-state index contributed by atoms with van der Waals surface area (Å²) in [7, 11) is 0. The molecule has 2 bridgehead atoms. The number of rotatable bonds is 2. The molecule has 1 aromatic rings. The zero-order valence-corrected chi connectivity index (χ0v) is 10.3. The molecule has 0 aliphatic heterocycles. The molecule has 4 atom stereocenters. The molecule has 0 radical (unpaired) electrons. The molecule has 3 rings (SSSR count). The molecule has 4 unspecified atom stereocenters. The molecule has 1 saturated carbocycles. The van der Waals surface area contributed by atoms with Gasteiger partial charge in [-0.2, -0.15) is 0 Å². The van der Waals surface area contributed by atoms with Crippen molar-refractivity contribution in [3.8, 4) is 0 Å². The van der Waals surface area contributed by atoms with Crippen LogP contribution in [-0.2, 0) is 26.1 Å². The number of fused-ring (bicyclic) bond motifs is 5. The summed E-state index contributed by atoms with van der Waals surface area (Å²) < 4.78 is 0. The number of carboxylic acid groups (broad SMARTS) is 2. The molecule has 0 amide bonds. The standard InChI is InChI=1S/C13H12O4.Ni/c14-12(15)10-8-5-9(11(10)13(16)17)7-4-2-1-3-6(7)8;/h1-4,8-11H,5H2,(H,14,15)(H,16,17);. The quantitative estimate of drug-likeness (QED) is 0.813. The maximum atomic E-state index is 11.3. The van der Waals surface area contributed by atoms with Crippen molar-refractivity contribution < 1.29 is 36.3 Å². The summed E-state index contributed by atoms with van der Waals surface area (Å²) in [6.45, 7) is 0. The Bertz CT molecular complexity index is 468. The van der Waals surface area contributed by atoms with Gasteiger partial charge in [-0.1, -0.05) is 24.3 Å². The Morgan fingerprint density at radius 2 is 1.33 bits per heavy atom. The van der Waals surface area contributed by atoms with Gasteiger partial charge < -0.3 is 10.2 Å². The summed E-state index contributed by atoms with van der Waals surface area (Å²) in [5, 5.41) is 18.4. The molecule has 0 saturated heterocycles. The number of carboxylic acids is 2. The van der Waals surface area contributed by atoms with Gasteiger partial charge in [0.05, 0.1) is 11.8 Å². The van der Waals surface area contributed by atoms with Gasteiger partial charge >= 0.3 is 11.9 Å². The summed E-state index contributed by atoms with van der Waals surface area (Å²) >= 11 is 0. The average molecular weight is 291 g/mol. The number of hydrogen-bond donors (Lipinski definition) is 2. The predicted octanol–water partition coefficient (Wildman–Crippen LogP) is 1.67. The van der Waals surface area contributed by atoms with Gasteiger partial charge in [0.25, 0.3) is 0 Å². The monoisotopic (exact) mass is 290 g/mol. The van der Waals surface area contributed by atoms with Crippen molar-refractivity contribution >= 4 is 11.9 Å². The maximum absolute atomic E-state index is 11.3. The topological polar surface area (TPSA) is 74.6 Å². The first-order chi connectivity index (χ1) is 8.11. The van der Waals surface area contributed by atoms with Crippen molar-refractivity contribution in [2.45, 2.75) is 18.3 Å². The molecule has 0 aromatic heterocycles. The fraction of sp³-hybridized carbons (Fsp3) is 0.385. The summed E-state index contributed by atoms with van der Waals surface area (Å²) in [5.41, 5.74) is 2.06. The molecule has 2 aliphatic carbocycles. The van der Waals surface area contributed by atoms with Crippen molar-refractivity contribution in [3.05, 3.63) is 35.4 Å². The first-order valence-electron chi connectivity index (χ1n) is 5.65. The van der Waals surface area contributed by atoms with E-state index < -0.39 is 23.8 Å². The van der Waals surface area contributed by atoms with Crippen LogP contribution >= 0.6 is 0 Å². The first kappa shape index (κ1) is 13.1. The van der Waals surface area contributed by atoms with Crippen LogP contribution in [0.15, 0.2) is 24.3 Å². The van der Waals surface area contributed by atoms with Crippen LogP contribution in [0.25, 0.3) is 0 Å². The molecule has 0 spiro atoms. The smallest absolute Gasteiger partial charge is 0.308 e. The number of benzene rings is 1. The molecule has 18 heavy (non-hydrogen) atoms. The van der Waals surface area contributed by atoms with Crippen molar-refractivity contribution in [1.29, 1.82) is 0 Å². The molecule has 1 fully saturated rings. The second-order valence-corrected chi connectivity index (χ2v) is 4.81. The van der Waals surface area contributed by atoms with Gasteiger partial charge in [-0.25, -0.2) is 0 Å². The largest absolute Gasteiger partial charge is 0.481 e. The van der Waals surface area contributed by atoms with Gasteiger partial charge in [-0.05, 0) is 29.4 Å². The number of hydrogen-bond acceptors (Lipinski definition) is 2. The fourth-order valence-electron chi connectivity index (χ4n) is 3.55. The summed E-state index contributed by atoms with van der Waals surface area (Å²) in [4.78, 5) is 22.5. The Morgan fingerprint density at radius 1 is 0.944 bits per heavy atom. The minimum atomic E-state index is -0.987. The van der Waals surface area contributed by atoms with Crippen LogP contribution in [-0.4, -0.2) is 22.2 Å². The van der Waals surface area contributed by atoms with Gasteiger partial charge in [0.1, 0.15) is 0 Å². The molecular formula is C13H12NiO4. The zero-order chi connectivity index (χ0) is 12.2. The minimum Gasteiger partial charge on any atom is -0.481 e. The SMILES string of the molecule is O=C(O)C1C2CC(c3ccccc32)C1C(=O)O.[Ni]. The van der Waals surface area contributed by atoms with Gasteiger partial charge in [0, 0.05) is 16.5 Å². The Balaban J connectivity index is 0.00000120. The fourth-order valence-corrected chi connectivity index (χ4v) is 3.55. The van der Waals surface area contributed by atoms with E-state index in [9.17, 15) is 19.8 Å². The Morgan fingerprint density at radius 3 is 1.67 bits per heavy atom. The van der Waals surface area contributed by atoms with Crippen LogP contribution in [0.2, 0.25) is 0 Å². The van der Waals surface area contributed by atoms with E-state index in [0.29, 0.717) is 6.42 Å². The van der Waals surface area contributed by atoms with Crippen LogP contribution in [0.1, 0.15) is 29.4 Å². The van der Waals surface area contributed by atoms with Crippen LogP contribution in [0.4, 0.5) is 0 Å². The third-order valence-corrected chi connectivity index (χ3v) is 4.13. The third kappa shape index (κ3) is 1.57. The van der Waals surface area contributed by atoms with E-state index in [0.717, 1.165) is 11.1 Å². The van der Waals surface area contributed by atoms with E-state index in [2.05, 4.69) is 0 Å². The normalized spacial score (nSPS) is 31.6. The molecule has 2 N–H and O–H groups in total. The van der Waals surface area contributed by atoms with Crippen molar-refractivity contribution in [2.24, 2.45) is 11.8 Å². The zero-order valence-electron chi connectivity index (χ0n) is 9.35. The second kappa shape index (κ2) is 4.40. The van der Waals surface area contributed by atoms with Crippen LogP contribution in [0.3, 0.4) is 0 Å². The predicted molar refractivity (Wildman–Crippen MR) is 58.8 cm³/mol. The molecule has 5 heteroatoms. The van der Waals surface area contributed by atoms with Gasteiger partial charge in [-0.3, -0.25) is 9.59 Å². The molecule has 4 nitrogen and oxygen atoms in total. The van der Waals surface area contributed by atoms with E-state index in [1.54, 1.807) is 0 Å². The molecular weight excluding hydrogens is 279 g/mol. The molecule has 98 valence electrons. The van der Waals surface area contributed by atoms with E-state index >= 15 is 0 Å². The second-order valence-electron chi connectivity index (χ2n) is 4.81. The summed E-state index contributed by atoms with van der Waals surface area (Å²) in [6.07, 6.45) is 0.660. The number of aliphatic carboxylic acids is 2. The summed E-state index contributed by atoms with van der Waals surface area (Å²) in [6, 6.07) is 7.62. The van der Waals surface area contributed by atoms with Gasteiger partial charge in [-0.15, -0.1) is 0 Å². The van der Waals surface area contributed by atoms with Gasteiger partial charge in [0.2, 0.25) is 0 Å². The number of carbonyl (C=O) groups is 2. The molecule has 1 aromatic carbocycles. The van der Waals surface area contributed by atoms with Crippen LogP contribution in [0.5, 0.6) is 0 Å². The maximum Gasteiger partial charge on any atom is 0.308 e. The molecule has 0 heterocycles. The van der Waals surface area contributed by atoms with E-state index in [1.165, 1.54) is 0 Å². The Labute approximate surface area is 114 Å². The minimum absolute atomic E-state index is 0.